The van der Waals surface area contributed by atoms with Crippen molar-refractivity contribution >= 4 is 28.5 Å². The molecule has 0 spiro atoms. The number of nitrogens with one attached hydrogen (secondary N) is 2. The van der Waals surface area contributed by atoms with Crippen LogP contribution in [0.2, 0.25) is 0 Å². The van der Waals surface area contributed by atoms with Crippen LogP contribution in [0.25, 0.3) is 0 Å². The third-order valence-electron chi connectivity index (χ3n) is 3.36. The zero-order chi connectivity index (χ0) is 16.2. The molecule has 0 radical (unpaired) electrons. The number of hydrogen-bond donors (Lipinski definition) is 4. The van der Waals surface area contributed by atoms with E-state index in [9.17, 15) is 0 Å². The Balaban J connectivity index is 1.91. The summed E-state index contributed by atoms with van der Waals surface area (Å²) in [6.07, 6.45) is 3.38. The molecule has 5 heteroatoms. The van der Waals surface area contributed by atoms with Gasteiger partial charge in [0.25, 0.3) is 0 Å². The molecule has 0 heterocycles. The van der Waals surface area contributed by atoms with Crippen LogP contribution >= 0.6 is 0 Å². The number of allylic oxidation sites excluding steroid dienone is 2. The minimum absolute atomic E-state index is 0.322. The molecule has 0 fully saturated rings. The summed E-state index contributed by atoms with van der Waals surface area (Å²) in [7, 11) is 0. The Kier molecular flexibility index (Phi) is 3.93. The van der Waals surface area contributed by atoms with Crippen molar-refractivity contribution in [1.82, 2.24) is 0 Å². The number of benzene rings is 2. The maximum Gasteiger partial charge on any atom is 0.0888 e. The van der Waals surface area contributed by atoms with Crippen LogP contribution in [0.15, 0.2) is 83.1 Å². The van der Waals surface area contributed by atoms with Gasteiger partial charge >= 0.3 is 0 Å². The average molecular weight is 303 g/mol. The van der Waals surface area contributed by atoms with Gasteiger partial charge in [0.05, 0.1) is 28.5 Å². The second-order valence-electron chi connectivity index (χ2n) is 5.15. The molecule has 6 N–H and O–H groups in total. The number of hydrogen-bond acceptors (Lipinski definition) is 5. The fourth-order valence-electron chi connectivity index (χ4n) is 2.17. The van der Waals surface area contributed by atoms with Crippen LogP contribution in [0.1, 0.15) is 0 Å². The lowest BCUT2D eigenvalue weighted by Gasteiger charge is -2.16. The summed E-state index contributed by atoms with van der Waals surface area (Å²) in [5.41, 5.74) is 16.1. The number of nitrogens with zero attached hydrogens (tertiary/aromatic N) is 1. The van der Waals surface area contributed by atoms with Crippen molar-refractivity contribution in [3.05, 3.63) is 78.1 Å². The van der Waals surface area contributed by atoms with E-state index >= 15 is 0 Å². The van der Waals surface area contributed by atoms with Crippen LogP contribution < -0.4 is 16.8 Å². The number of aliphatic imine (C=N–C) groups is 1. The molecule has 0 bridgehead atoms. The van der Waals surface area contributed by atoms with Crippen molar-refractivity contribution in [1.29, 1.82) is 5.41 Å². The number of nitrogens with two attached hydrogens (primary N) is 2. The highest BCUT2D eigenvalue weighted by atomic mass is 14.9. The van der Waals surface area contributed by atoms with E-state index in [1.165, 1.54) is 0 Å². The lowest BCUT2D eigenvalue weighted by molar-refractivity contribution is 1.37. The standard InChI is InChI=1S/C18H17N5/c19-12-6-8-14(9-7-12)23-18-11-17(15(20)10-16(18)21)22-13-4-2-1-3-5-13/h1-11,20,22H,19,21H2/b20-15?,23-18-. The topological polar surface area (TPSA) is 100 Å². The average Bonchev–Trinajstić information content (AvgIpc) is 2.55. The highest BCUT2D eigenvalue weighted by Gasteiger charge is 2.14. The number of anilines is 2. The molecular formula is C18H17N5. The number of rotatable bonds is 3. The second-order valence-corrected chi connectivity index (χ2v) is 5.15. The molecule has 0 unspecified atom stereocenters. The van der Waals surface area contributed by atoms with E-state index < -0.39 is 0 Å². The SMILES string of the molecule is N=C1C=C(N)/C(=N\c2ccc(N)cc2)C=C1Nc1ccccc1. The molecular weight excluding hydrogens is 286 g/mol. The summed E-state index contributed by atoms with van der Waals surface area (Å²) in [5, 5.41) is 11.3. The van der Waals surface area contributed by atoms with Crippen molar-refractivity contribution in [3.8, 4) is 0 Å². The van der Waals surface area contributed by atoms with Gasteiger partial charge in [0.15, 0.2) is 0 Å². The molecule has 0 saturated carbocycles. The first-order chi connectivity index (χ1) is 11.1. The zero-order valence-electron chi connectivity index (χ0n) is 12.5. The quantitative estimate of drug-likeness (QED) is 0.517. The third kappa shape index (κ3) is 3.47. The summed E-state index contributed by atoms with van der Waals surface area (Å²) < 4.78 is 0. The van der Waals surface area contributed by atoms with Crippen LogP contribution in [0, 0.1) is 5.41 Å². The maximum atomic E-state index is 8.06. The van der Waals surface area contributed by atoms with Crippen LogP contribution in [0.5, 0.6) is 0 Å². The summed E-state index contributed by atoms with van der Waals surface area (Å²) in [4.78, 5) is 4.52. The Labute approximate surface area is 134 Å². The number of nitrogen functional groups attached to an aromatic ring is 1. The normalized spacial score (nSPS) is 16.0. The van der Waals surface area contributed by atoms with Gasteiger partial charge < -0.3 is 16.8 Å². The monoisotopic (exact) mass is 303 g/mol. The van der Waals surface area contributed by atoms with Crippen molar-refractivity contribution < 1.29 is 0 Å². The second kappa shape index (κ2) is 6.19. The predicted molar refractivity (Wildman–Crippen MR) is 96.1 cm³/mol. The van der Waals surface area contributed by atoms with E-state index in [0.29, 0.717) is 28.5 Å². The third-order valence-corrected chi connectivity index (χ3v) is 3.36. The molecule has 5 nitrogen and oxygen atoms in total. The zero-order valence-corrected chi connectivity index (χ0v) is 12.5. The summed E-state index contributed by atoms with van der Waals surface area (Å²) >= 11 is 0. The first-order valence-corrected chi connectivity index (χ1v) is 7.16. The number of para-hydroxylation sites is 1. The largest absolute Gasteiger partial charge is 0.399 e. The summed E-state index contributed by atoms with van der Waals surface area (Å²) in [6.45, 7) is 0. The molecule has 2 aromatic rings. The minimum atomic E-state index is 0.322. The Morgan fingerprint density at radius 1 is 0.870 bits per heavy atom. The van der Waals surface area contributed by atoms with E-state index in [4.69, 9.17) is 16.9 Å². The van der Waals surface area contributed by atoms with E-state index in [1.54, 1.807) is 24.3 Å². The van der Waals surface area contributed by atoms with Gasteiger partial charge in [-0.15, -0.1) is 0 Å². The van der Waals surface area contributed by atoms with Crippen LogP contribution in [0.3, 0.4) is 0 Å². The van der Waals surface area contributed by atoms with Gasteiger partial charge in [-0.3, -0.25) is 5.41 Å². The molecule has 0 amide bonds. The van der Waals surface area contributed by atoms with E-state index in [1.807, 2.05) is 42.5 Å². The van der Waals surface area contributed by atoms with Gasteiger partial charge in [-0.1, -0.05) is 18.2 Å². The maximum absolute atomic E-state index is 8.06. The predicted octanol–water partition coefficient (Wildman–Crippen LogP) is 3.21. The van der Waals surface area contributed by atoms with Crippen molar-refractivity contribution in [3.63, 3.8) is 0 Å². The Bertz CT molecular complexity index is 814. The lowest BCUT2D eigenvalue weighted by Crippen LogP contribution is -2.21. The van der Waals surface area contributed by atoms with E-state index in [0.717, 1.165) is 11.4 Å². The molecule has 1 aliphatic carbocycles. The Hall–Kier alpha value is -3.34. The molecule has 0 saturated heterocycles. The van der Waals surface area contributed by atoms with Gasteiger partial charge in [-0.05, 0) is 48.6 Å². The molecule has 0 atom stereocenters. The fraction of sp³-hybridized carbons (Fsp3) is 0. The summed E-state index contributed by atoms with van der Waals surface area (Å²) in [6, 6.07) is 16.9. The molecule has 23 heavy (non-hydrogen) atoms. The van der Waals surface area contributed by atoms with Crippen LogP contribution in [0.4, 0.5) is 17.1 Å². The van der Waals surface area contributed by atoms with Crippen molar-refractivity contribution in [2.45, 2.75) is 0 Å². The first-order valence-electron chi connectivity index (χ1n) is 7.16. The first kappa shape index (κ1) is 14.6. The molecule has 0 aliphatic heterocycles. The Morgan fingerprint density at radius 2 is 1.57 bits per heavy atom. The molecule has 2 aromatic carbocycles. The van der Waals surface area contributed by atoms with Crippen LogP contribution in [-0.4, -0.2) is 11.4 Å². The van der Waals surface area contributed by atoms with Gasteiger partial charge in [-0.2, -0.15) is 0 Å². The van der Waals surface area contributed by atoms with Gasteiger partial charge in [0, 0.05) is 11.4 Å². The molecule has 3 rings (SSSR count). The van der Waals surface area contributed by atoms with Gasteiger partial charge in [0.2, 0.25) is 0 Å². The summed E-state index contributed by atoms with van der Waals surface area (Å²) in [5.74, 6) is 0. The van der Waals surface area contributed by atoms with Gasteiger partial charge in [-0.25, -0.2) is 4.99 Å². The van der Waals surface area contributed by atoms with Gasteiger partial charge in [0.1, 0.15) is 0 Å². The Morgan fingerprint density at radius 3 is 2.26 bits per heavy atom. The molecule has 114 valence electrons. The van der Waals surface area contributed by atoms with Crippen LogP contribution in [-0.2, 0) is 0 Å². The molecule has 0 aromatic heterocycles. The highest BCUT2D eigenvalue weighted by molar-refractivity contribution is 6.23. The minimum Gasteiger partial charge on any atom is -0.399 e. The van der Waals surface area contributed by atoms with Crippen molar-refractivity contribution in [2.75, 3.05) is 11.1 Å². The molecule has 1 aliphatic rings. The fourth-order valence-corrected chi connectivity index (χ4v) is 2.17. The van der Waals surface area contributed by atoms with E-state index in [-0.39, 0.29) is 0 Å². The van der Waals surface area contributed by atoms with Crippen molar-refractivity contribution in [2.24, 2.45) is 10.7 Å². The van der Waals surface area contributed by atoms with E-state index in [2.05, 4.69) is 10.3 Å². The lowest BCUT2D eigenvalue weighted by atomic mass is 10.0. The highest BCUT2D eigenvalue weighted by Crippen LogP contribution is 2.19. The smallest absolute Gasteiger partial charge is 0.0888 e.